The van der Waals surface area contributed by atoms with E-state index in [1.807, 2.05) is 56.3 Å². The number of esters is 1. The molecule has 3 rings (SSSR count). The highest BCUT2D eigenvalue weighted by Gasteiger charge is 2.21. The minimum absolute atomic E-state index is 0.0299. The lowest BCUT2D eigenvalue weighted by Gasteiger charge is -2.13. The van der Waals surface area contributed by atoms with Gasteiger partial charge in [0, 0.05) is 5.02 Å². The Morgan fingerprint density at radius 3 is 2.59 bits per heavy atom. The van der Waals surface area contributed by atoms with Gasteiger partial charge in [-0.3, -0.25) is 9.59 Å². The fourth-order valence-electron chi connectivity index (χ4n) is 2.94. The summed E-state index contributed by atoms with van der Waals surface area (Å²) in [5.74, 6) is -0.851. The number of aromatic nitrogens is 2. The van der Waals surface area contributed by atoms with Gasteiger partial charge in [0.2, 0.25) is 0 Å². The standard InChI is InChI=1S/C22H22ClN3O3/c1-15(2)21-19(12-25-26(21)18-10-6-9-17(23)11-18)22(28)24-13-20(27)29-14-16-7-4-3-5-8-16/h3-12,15H,13-14H2,1-2H3,(H,24,28). The summed E-state index contributed by atoms with van der Waals surface area (Å²) in [5.41, 5.74) is 2.80. The number of benzene rings is 2. The number of hydrogen-bond acceptors (Lipinski definition) is 4. The number of carbonyl (C=O) groups excluding carboxylic acids is 2. The fourth-order valence-corrected chi connectivity index (χ4v) is 3.12. The van der Waals surface area contributed by atoms with Crippen molar-refractivity contribution in [2.24, 2.45) is 0 Å². The highest BCUT2D eigenvalue weighted by atomic mass is 35.5. The molecule has 0 spiro atoms. The van der Waals surface area contributed by atoms with Crippen molar-refractivity contribution >= 4 is 23.5 Å². The Bertz CT molecular complexity index is 1000. The largest absolute Gasteiger partial charge is 0.460 e. The van der Waals surface area contributed by atoms with Crippen LogP contribution in [0.15, 0.2) is 60.8 Å². The second-order valence-corrected chi connectivity index (χ2v) is 7.26. The van der Waals surface area contributed by atoms with Crippen molar-refractivity contribution in [3.63, 3.8) is 0 Å². The monoisotopic (exact) mass is 411 g/mol. The summed E-state index contributed by atoms with van der Waals surface area (Å²) in [4.78, 5) is 24.6. The van der Waals surface area contributed by atoms with Gasteiger partial charge in [-0.05, 0) is 29.7 Å². The summed E-state index contributed by atoms with van der Waals surface area (Å²) in [6.45, 7) is 3.90. The molecule has 1 amide bonds. The Kier molecular flexibility index (Phi) is 6.67. The molecule has 1 N–H and O–H groups in total. The van der Waals surface area contributed by atoms with E-state index in [0.29, 0.717) is 10.6 Å². The molecule has 0 bridgehead atoms. The molecule has 29 heavy (non-hydrogen) atoms. The average molecular weight is 412 g/mol. The van der Waals surface area contributed by atoms with Gasteiger partial charge in [-0.25, -0.2) is 4.68 Å². The number of nitrogens with one attached hydrogen (secondary N) is 1. The number of nitrogens with zero attached hydrogens (tertiary/aromatic N) is 2. The lowest BCUT2D eigenvalue weighted by molar-refractivity contribution is -0.143. The molecule has 0 aliphatic rings. The van der Waals surface area contributed by atoms with E-state index in [1.165, 1.54) is 6.20 Å². The number of carbonyl (C=O) groups is 2. The zero-order chi connectivity index (χ0) is 20.8. The summed E-state index contributed by atoms with van der Waals surface area (Å²) in [6, 6.07) is 16.6. The van der Waals surface area contributed by atoms with Crippen LogP contribution in [0.4, 0.5) is 0 Å². The molecular formula is C22H22ClN3O3. The third-order valence-electron chi connectivity index (χ3n) is 4.29. The van der Waals surface area contributed by atoms with Crippen LogP contribution in [0.25, 0.3) is 5.69 Å². The minimum atomic E-state index is -0.504. The van der Waals surface area contributed by atoms with Gasteiger partial charge in [-0.15, -0.1) is 0 Å². The molecule has 1 heterocycles. The molecule has 0 saturated carbocycles. The highest BCUT2D eigenvalue weighted by molar-refractivity contribution is 6.30. The topological polar surface area (TPSA) is 73.2 Å². The van der Waals surface area contributed by atoms with Gasteiger partial charge in [0.05, 0.1) is 23.1 Å². The lowest BCUT2D eigenvalue weighted by Crippen LogP contribution is -2.31. The molecule has 0 atom stereocenters. The van der Waals surface area contributed by atoms with Crippen molar-refractivity contribution < 1.29 is 14.3 Å². The Balaban J connectivity index is 1.67. The van der Waals surface area contributed by atoms with E-state index < -0.39 is 5.97 Å². The lowest BCUT2D eigenvalue weighted by atomic mass is 10.1. The van der Waals surface area contributed by atoms with E-state index in [0.717, 1.165) is 16.9 Å². The number of rotatable bonds is 7. The fraction of sp³-hybridized carbons (Fsp3) is 0.227. The molecule has 0 unspecified atom stereocenters. The zero-order valence-corrected chi connectivity index (χ0v) is 17.0. The molecular weight excluding hydrogens is 390 g/mol. The first-order chi connectivity index (χ1) is 14.0. The molecule has 3 aromatic rings. The second kappa shape index (κ2) is 9.39. The second-order valence-electron chi connectivity index (χ2n) is 6.82. The van der Waals surface area contributed by atoms with Gasteiger partial charge in [-0.2, -0.15) is 5.10 Å². The Morgan fingerprint density at radius 2 is 1.90 bits per heavy atom. The van der Waals surface area contributed by atoms with E-state index >= 15 is 0 Å². The van der Waals surface area contributed by atoms with Gasteiger partial charge in [0.25, 0.3) is 5.91 Å². The first-order valence-electron chi connectivity index (χ1n) is 9.27. The predicted molar refractivity (Wildman–Crippen MR) is 111 cm³/mol. The summed E-state index contributed by atoms with van der Waals surface area (Å²) in [6.07, 6.45) is 1.50. The maximum Gasteiger partial charge on any atom is 0.325 e. The molecule has 1 aromatic heterocycles. The van der Waals surface area contributed by atoms with Gasteiger partial charge in [0.1, 0.15) is 13.2 Å². The quantitative estimate of drug-likeness (QED) is 0.593. The van der Waals surface area contributed by atoms with Crippen molar-refractivity contribution in [1.82, 2.24) is 15.1 Å². The third kappa shape index (κ3) is 5.23. The van der Waals surface area contributed by atoms with Crippen molar-refractivity contribution in [2.45, 2.75) is 26.4 Å². The van der Waals surface area contributed by atoms with Crippen molar-refractivity contribution in [1.29, 1.82) is 0 Å². The number of halogens is 1. The summed E-state index contributed by atoms with van der Waals surface area (Å²) in [5, 5.41) is 7.55. The molecule has 0 aliphatic heterocycles. The van der Waals surface area contributed by atoms with Gasteiger partial charge in [0.15, 0.2) is 0 Å². The van der Waals surface area contributed by atoms with E-state index in [4.69, 9.17) is 16.3 Å². The number of hydrogen-bond donors (Lipinski definition) is 1. The Hall–Kier alpha value is -3.12. The highest BCUT2D eigenvalue weighted by Crippen LogP contribution is 2.24. The van der Waals surface area contributed by atoms with E-state index in [9.17, 15) is 9.59 Å². The van der Waals surface area contributed by atoms with Crippen LogP contribution in [-0.2, 0) is 16.1 Å². The number of ether oxygens (including phenoxy) is 1. The summed E-state index contributed by atoms with van der Waals surface area (Å²) in [7, 11) is 0. The van der Waals surface area contributed by atoms with E-state index in [-0.39, 0.29) is 25.0 Å². The van der Waals surface area contributed by atoms with Crippen LogP contribution in [0, 0.1) is 0 Å². The van der Waals surface area contributed by atoms with Crippen molar-refractivity contribution in [3.8, 4) is 5.69 Å². The summed E-state index contributed by atoms with van der Waals surface area (Å²) < 4.78 is 6.88. The van der Waals surface area contributed by atoms with Gasteiger partial charge in [-0.1, -0.05) is 61.8 Å². The van der Waals surface area contributed by atoms with Crippen LogP contribution in [0.2, 0.25) is 5.02 Å². The smallest absolute Gasteiger partial charge is 0.325 e. The minimum Gasteiger partial charge on any atom is -0.460 e. The van der Waals surface area contributed by atoms with Crippen molar-refractivity contribution in [2.75, 3.05) is 6.54 Å². The normalized spacial score (nSPS) is 10.8. The van der Waals surface area contributed by atoms with Crippen LogP contribution in [0.5, 0.6) is 0 Å². The van der Waals surface area contributed by atoms with Crippen LogP contribution >= 0.6 is 11.6 Å². The van der Waals surface area contributed by atoms with E-state index in [1.54, 1.807) is 16.8 Å². The zero-order valence-electron chi connectivity index (χ0n) is 16.3. The van der Waals surface area contributed by atoms with Crippen LogP contribution in [0.1, 0.15) is 41.4 Å². The number of amides is 1. The van der Waals surface area contributed by atoms with E-state index in [2.05, 4.69) is 10.4 Å². The predicted octanol–water partition coefficient (Wildman–Crippen LogP) is 4.12. The maximum absolute atomic E-state index is 12.7. The molecule has 150 valence electrons. The Labute approximate surface area is 174 Å². The van der Waals surface area contributed by atoms with Gasteiger partial charge >= 0.3 is 5.97 Å². The SMILES string of the molecule is CC(C)c1c(C(=O)NCC(=O)OCc2ccccc2)cnn1-c1cccc(Cl)c1. The molecule has 6 nitrogen and oxygen atoms in total. The molecule has 0 aliphatic carbocycles. The first kappa shape index (κ1) is 20.6. The average Bonchev–Trinajstić information content (AvgIpc) is 3.17. The molecule has 0 radical (unpaired) electrons. The Morgan fingerprint density at radius 1 is 1.14 bits per heavy atom. The van der Waals surface area contributed by atoms with Crippen LogP contribution in [0.3, 0.4) is 0 Å². The maximum atomic E-state index is 12.7. The molecule has 0 fully saturated rings. The van der Waals surface area contributed by atoms with Crippen molar-refractivity contribution in [3.05, 3.63) is 82.6 Å². The molecule has 2 aromatic carbocycles. The first-order valence-corrected chi connectivity index (χ1v) is 9.65. The summed E-state index contributed by atoms with van der Waals surface area (Å²) >= 11 is 6.08. The third-order valence-corrected chi connectivity index (χ3v) is 4.52. The van der Waals surface area contributed by atoms with Crippen LogP contribution < -0.4 is 5.32 Å². The molecule has 7 heteroatoms. The van der Waals surface area contributed by atoms with Crippen LogP contribution in [-0.4, -0.2) is 28.2 Å². The van der Waals surface area contributed by atoms with Gasteiger partial charge < -0.3 is 10.1 Å². The molecule has 0 saturated heterocycles.